The van der Waals surface area contributed by atoms with E-state index in [4.69, 9.17) is 0 Å². The van der Waals surface area contributed by atoms with Crippen LogP contribution < -0.4 is 10.6 Å². The molecule has 0 aromatic heterocycles. The quantitative estimate of drug-likeness (QED) is 0.878. The molecule has 0 spiro atoms. The average Bonchev–Trinajstić information content (AvgIpc) is 2.78. The van der Waals surface area contributed by atoms with Crippen LogP contribution in [0.1, 0.15) is 45.2 Å². The van der Waals surface area contributed by atoms with E-state index in [0.29, 0.717) is 6.42 Å². The van der Waals surface area contributed by atoms with Gasteiger partial charge >= 0.3 is 0 Å². The predicted molar refractivity (Wildman–Crippen MR) is 101 cm³/mol. The van der Waals surface area contributed by atoms with Crippen molar-refractivity contribution in [1.82, 2.24) is 0 Å². The predicted octanol–water partition coefficient (Wildman–Crippen LogP) is 4.22. The third kappa shape index (κ3) is 3.29. The molecule has 1 heterocycles. The van der Waals surface area contributed by atoms with Crippen molar-refractivity contribution in [2.24, 2.45) is 0 Å². The van der Waals surface area contributed by atoms with E-state index in [1.807, 2.05) is 62.4 Å². The van der Waals surface area contributed by atoms with Gasteiger partial charge in [0, 0.05) is 17.8 Å². The Hall–Kier alpha value is -2.62. The van der Waals surface area contributed by atoms with Gasteiger partial charge in [0.05, 0.1) is 5.41 Å². The van der Waals surface area contributed by atoms with E-state index < -0.39 is 5.41 Å². The van der Waals surface area contributed by atoms with E-state index >= 15 is 0 Å². The molecule has 0 aliphatic carbocycles. The summed E-state index contributed by atoms with van der Waals surface area (Å²) in [5.74, 6) is -0.0555. The highest BCUT2D eigenvalue weighted by Gasteiger charge is 2.38. The fourth-order valence-corrected chi connectivity index (χ4v) is 3.25. The average molecular weight is 336 g/mol. The second-order valence-corrected chi connectivity index (χ2v) is 7.81. The lowest BCUT2D eigenvalue weighted by atomic mass is 9.81. The maximum atomic E-state index is 12.5. The van der Waals surface area contributed by atoms with Gasteiger partial charge in [-0.3, -0.25) is 9.59 Å². The van der Waals surface area contributed by atoms with Crippen LogP contribution in [0.2, 0.25) is 0 Å². The molecule has 4 nitrogen and oxygen atoms in total. The lowest BCUT2D eigenvalue weighted by Crippen LogP contribution is -2.27. The lowest BCUT2D eigenvalue weighted by Gasteiger charge is -2.24. The molecule has 2 N–H and O–H groups in total. The maximum absolute atomic E-state index is 12.5. The number of fused-ring (bicyclic) bond motifs is 1. The first kappa shape index (κ1) is 17.2. The van der Waals surface area contributed by atoms with Gasteiger partial charge in [-0.1, -0.05) is 44.2 Å². The zero-order valence-corrected chi connectivity index (χ0v) is 15.1. The van der Waals surface area contributed by atoms with Crippen LogP contribution >= 0.6 is 0 Å². The Bertz CT molecular complexity index is 823. The van der Waals surface area contributed by atoms with Crippen LogP contribution in [-0.4, -0.2) is 11.8 Å². The van der Waals surface area contributed by atoms with Gasteiger partial charge in [-0.15, -0.1) is 0 Å². The number of amides is 2. The van der Waals surface area contributed by atoms with Gasteiger partial charge in [0.1, 0.15) is 0 Å². The van der Waals surface area contributed by atoms with Crippen LogP contribution in [0, 0.1) is 0 Å². The van der Waals surface area contributed by atoms with Crippen molar-refractivity contribution in [1.29, 1.82) is 0 Å². The zero-order valence-electron chi connectivity index (χ0n) is 15.1. The number of carbonyl (C=O) groups excluding carboxylic acids is 2. The van der Waals surface area contributed by atoms with Crippen LogP contribution in [0.4, 0.5) is 11.4 Å². The third-order valence-electron chi connectivity index (χ3n) is 4.95. The molecule has 0 saturated carbocycles. The van der Waals surface area contributed by atoms with Gasteiger partial charge in [0.2, 0.25) is 11.8 Å². The Morgan fingerprint density at radius 2 is 1.80 bits per heavy atom. The van der Waals surface area contributed by atoms with Gasteiger partial charge in [0.15, 0.2) is 0 Å². The van der Waals surface area contributed by atoms with Crippen molar-refractivity contribution in [2.45, 2.75) is 44.9 Å². The fourth-order valence-electron chi connectivity index (χ4n) is 3.25. The molecule has 25 heavy (non-hydrogen) atoms. The summed E-state index contributed by atoms with van der Waals surface area (Å²) in [5.41, 5.74) is 2.75. The van der Waals surface area contributed by atoms with E-state index in [1.165, 1.54) is 0 Å². The van der Waals surface area contributed by atoms with Crippen LogP contribution in [0.5, 0.6) is 0 Å². The molecule has 2 amide bonds. The van der Waals surface area contributed by atoms with Crippen molar-refractivity contribution >= 4 is 23.2 Å². The van der Waals surface area contributed by atoms with Gasteiger partial charge < -0.3 is 10.6 Å². The molecule has 3 rings (SSSR count). The highest BCUT2D eigenvalue weighted by Crippen LogP contribution is 2.38. The van der Waals surface area contributed by atoms with E-state index in [-0.39, 0.29) is 17.2 Å². The Morgan fingerprint density at radius 1 is 1.12 bits per heavy atom. The summed E-state index contributed by atoms with van der Waals surface area (Å²) in [6.45, 7) is 7.91. The van der Waals surface area contributed by atoms with Crippen LogP contribution in [0.25, 0.3) is 0 Å². The molecule has 1 aliphatic heterocycles. The normalized spacial score (nSPS) is 15.4. The number of rotatable bonds is 4. The molecular formula is C21H24N2O2. The molecule has 4 heteroatoms. The summed E-state index contributed by atoms with van der Waals surface area (Å²) < 4.78 is 0. The summed E-state index contributed by atoms with van der Waals surface area (Å²) in [7, 11) is 0. The van der Waals surface area contributed by atoms with E-state index in [0.717, 1.165) is 22.5 Å². The van der Waals surface area contributed by atoms with Gasteiger partial charge in [0.25, 0.3) is 0 Å². The highest BCUT2D eigenvalue weighted by molar-refractivity contribution is 6.06. The van der Waals surface area contributed by atoms with Crippen molar-refractivity contribution in [3.05, 3.63) is 59.7 Å². The summed E-state index contributed by atoms with van der Waals surface area (Å²) in [4.78, 5) is 24.6. The molecule has 0 bridgehead atoms. The van der Waals surface area contributed by atoms with Crippen molar-refractivity contribution in [3.8, 4) is 0 Å². The molecule has 2 aromatic carbocycles. The minimum Gasteiger partial charge on any atom is -0.326 e. The Morgan fingerprint density at radius 3 is 2.48 bits per heavy atom. The standard InChI is InChI=1S/C21H24N2O2/c1-20(2,14-8-6-5-7-9-14)13-18(24)22-15-10-11-17-16(12-15)21(3,4)19(25)23-17/h5-12H,13H2,1-4H3,(H,22,24)(H,23,25). The summed E-state index contributed by atoms with van der Waals surface area (Å²) in [5, 5.41) is 5.85. The first-order chi connectivity index (χ1) is 11.7. The molecular weight excluding hydrogens is 312 g/mol. The van der Waals surface area contributed by atoms with E-state index in [2.05, 4.69) is 24.5 Å². The van der Waals surface area contributed by atoms with Crippen LogP contribution in [0.3, 0.4) is 0 Å². The van der Waals surface area contributed by atoms with Gasteiger partial charge in [-0.2, -0.15) is 0 Å². The van der Waals surface area contributed by atoms with Crippen molar-refractivity contribution < 1.29 is 9.59 Å². The topological polar surface area (TPSA) is 58.2 Å². The summed E-state index contributed by atoms with van der Waals surface area (Å²) >= 11 is 0. The molecule has 0 unspecified atom stereocenters. The largest absolute Gasteiger partial charge is 0.326 e. The molecule has 130 valence electrons. The number of carbonyl (C=O) groups is 2. The smallest absolute Gasteiger partial charge is 0.234 e. The molecule has 0 radical (unpaired) electrons. The van der Waals surface area contributed by atoms with E-state index in [1.54, 1.807) is 0 Å². The molecule has 0 fully saturated rings. The van der Waals surface area contributed by atoms with Gasteiger partial charge in [-0.05, 0) is 48.6 Å². The van der Waals surface area contributed by atoms with Gasteiger partial charge in [-0.25, -0.2) is 0 Å². The van der Waals surface area contributed by atoms with E-state index in [9.17, 15) is 9.59 Å². The summed E-state index contributed by atoms with van der Waals surface area (Å²) in [6, 6.07) is 15.6. The number of hydrogen-bond acceptors (Lipinski definition) is 2. The molecule has 0 saturated heterocycles. The Labute approximate surface area is 148 Å². The van der Waals surface area contributed by atoms with Crippen LogP contribution in [-0.2, 0) is 20.4 Å². The van der Waals surface area contributed by atoms with Crippen molar-refractivity contribution in [3.63, 3.8) is 0 Å². The SMILES string of the molecule is CC(C)(CC(=O)Nc1ccc2c(c1)C(C)(C)C(=O)N2)c1ccccc1. The second-order valence-electron chi connectivity index (χ2n) is 7.81. The lowest BCUT2D eigenvalue weighted by molar-refractivity contribution is -0.119. The van der Waals surface area contributed by atoms with Crippen LogP contribution in [0.15, 0.2) is 48.5 Å². The second kappa shape index (κ2) is 6.03. The minimum absolute atomic E-state index is 0.0174. The minimum atomic E-state index is -0.584. The third-order valence-corrected chi connectivity index (χ3v) is 4.95. The fraction of sp³-hybridized carbons (Fsp3) is 0.333. The first-order valence-corrected chi connectivity index (χ1v) is 8.51. The number of nitrogens with one attached hydrogen (secondary N) is 2. The Kier molecular flexibility index (Phi) is 4.15. The number of anilines is 2. The number of benzene rings is 2. The zero-order chi connectivity index (χ0) is 18.2. The number of hydrogen-bond donors (Lipinski definition) is 2. The highest BCUT2D eigenvalue weighted by atomic mass is 16.2. The Balaban J connectivity index is 1.75. The molecule has 2 aromatic rings. The summed E-state index contributed by atoms with van der Waals surface area (Å²) in [6.07, 6.45) is 0.384. The first-order valence-electron chi connectivity index (χ1n) is 8.51. The monoisotopic (exact) mass is 336 g/mol. The molecule has 1 aliphatic rings. The molecule has 0 atom stereocenters. The van der Waals surface area contributed by atoms with Crippen molar-refractivity contribution in [2.75, 3.05) is 10.6 Å². The maximum Gasteiger partial charge on any atom is 0.234 e.